The quantitative estimate of drug-likeness (QED) is 0.557. The smallest absolute Gasteiger partial charge is 0.406 e. The molecular formula is C18H13F5N2O5S. The molecule has 0 radical (unpaired) electrons. The van der Waals surface area contributed by atoms with Gasteiger partial charge in [-0.15, -0.1) is 13.2 Å². The van der Waals surface area contributed by atoms with Crippen molar-refractivity contribution < 1.29 is 44.7 Å². The van der Waals surface area contributed by atoms with Crippen molar-refractivity contribution in [3.63, 3.8) is 0 Å². The van der Waals surface area contributed by atoms with Crippen LogP contribution in [0, 0.1) is 18.6 Å². The van der Waals surface area contributed by atoms with Gasteiger partial charge in [0.25, 0.3) is 0 Å². The number of hydrogen-bond acceptors (Lipinski definition) is 6. The monoisotopic (exact) mass is 464 g/mol. The van der Waals surface area contributed by atoms with Crippen molar-refractivity contribution in [2.45, 2.75) is 24.8 Å². The minimum absolute atomic E-state index is 0.0622. The predicted octanol–water partition coefficient (Wildman–Crippen LogP) is 3.63. The Labute approximate surface area is 171 Å². The van der Waals surface area contributed by atoms with Gasteiger partial charge in [-0.05, 0) is 48.4 Å². The molecule has 1 heterocycles. The van der Waals surface area contributed by atoms with Crippen LogP contribution in [-0.4, -0.2) is 25.0 Å². The minimum atomic E-state index is -4.91. The summed E-state index contributed by atoms with van der Waals surface area (Å²) in [4.78, 5) is -1.34. The number of rotatable bonds is 5. The molecule has 0 amide bonds. The molecule has 0 saturated carbocycles. The maximum Gasteiger partial charge on any atom is 0.573 e. The fourth-order valence-corrected chi connectivity index (χ4v) is 3.60. The lowest BCUT2D eigenvalue weighted by Crippen LogP contribution is -2.17. The van der Waals surface area contributed by atoms with E-state index in [0.717, 1.165) is 6.07 Å². The lowest BCUT2D eigenvalue weighted by molar-refractivity contribution is -0.274. The number of nitrogens with zero attached hydrogens (tertiary/aromatic N) is 1. The third kappa shape index (κ3) is 4.68. The lowest BCUT2D eigenvalue weighted by atomic mass is 9.98. The van der Waals surface area contributed by atoms with Crippen LogP contribution >= 0.6 is 0 Å². The summed E-state index contributed by atoms with van der Waals surface area (Å²) in [6.45, 7) is 0.592. The number of nitrogens with two attached hydrogens (primary N) is 1. The summed E-state index contributed by atoms with van der Waals surface area (Å²) in [7, 11) is -4.70. The molecule has 166 valence electrons. The standard InChI is InChI=1S/C18H13F5N2O5S/c1-8-4-9(2-3-13(8)29-18(21,22)23)16-15(14(7-26)30-25-16)10-5-11(19)17(12(20)6-10)31(24,27)28/h2-6,26H,7H2,1H3,(H2,24,27,28). The van der Waals surface area contributed by atoms with E-state index in [-0.39, 0.29) is 33.7 Å². The number of sulfonamides is 1. The number of halogens is 5. The molecular weight excluding hydrogens is 451 g/mol. The second kappa shape index (κ2) is 7.90. The summed E-state index contributed by atoms with van der Waals surface area (Å²) < 4.78 is 97.7. The average Bonchev–Trinajstić information content (AvgIpc) is 3.04. The highest BCUT2D eigenvalue weighted by molar-refractivity contribution is 7.89. The van der Waals surface area contributed by atoms with Crippen molar-refractivity contribution in [2.24, 2.45) is 5.14 Å². The molecule has 7 nitrogen and oxygen atoms in total. The number of primary sulfonamides is 1. The van der Waals surface area contributed by atoms with Crippen molar-refractivity contribution in [3.05, 3.63) is 53.3 Å². The van der Waals surface area contributed by atoms with Gasteiger partial charge in [-0.25, -0.2) is 22.3 Å². The van der Waals surface area contributed by atoms with E-state index in [9.17, 15) is 35.5 Å². The summed E-state index contributed by atoms with van der Waals surface area (Å²) in [5.74, 6) is -3.67. The van der Waals surface area contributed by atoms with Crippen molar-refractivity contribution >= 4 is 10.0 Å². The van der Waals surface area contributed by atoms with E-state index in [1.54, 1.807) is 0 Å². The van der Waals surface area contributed by atoms with Crippen LogP contribution in [0.3, 0.4) is 0 Å². The molecule has 3 aromatic rings. The Balaban J connectivity index is 2.16. The summed E-state index contributed by atoms with van der Waals surface area (Å²) in [6, 6.07) is 4.79. The number of hydrogen-bond donors (Lipinski definition) is 2. The fraction of sp³-hybridized carbons (Fsp3) is 0.167. The van der Waals surface area contributed by atoms with Gasteiger partial charge in [-0.3, -0.25) is 0 Å². The second-order valence-corrected chi connectivity index (χ2v) is 7.83. The van der Waals surface area contributed by atoms with Crippen LogP contribution in [0.25, 0.3) is 22.4 Å². The van der Waals surface area contributed by atoms with Gasteiger partial charge in [0, 0.05) is 5.56 Å². The van der Waals surface area contributed by atoms with Gasteiger partial charge in [0.2, 0.25) is 10.0 Å². The van der Waals surface area contributed by atoms with Gasteiger partial charge >= 0.3 is 6.36 Å². The number of alkyl halides is 3. The predicted molar refractivity (Wildman–Crippen MR) is 96.0 cm³/mol. The van der Waals surface area contributed by atoms with E-state index < -0.39 is 45.3 Å². The van der Waals surface area contributed by atoms with Gasteiger partial charge in [0.1, 0.15) is 29.7 Å². The molecule has 0 aliphatic carbocycles. The Bertz CT molecular complexity index is 1230. The van der Waals surface area contributed by atoms with E-state index in [4.69, 9.17) is 9.66 Å². The maximum atomic E-state index is 14.3. The van der Waals surface area contributed by atoms with Gasteiger partial charge in [0.05, 0.1) is 5.56 Å². The Morgan fingerprint density at radius 1 is 1.13 bits per heavy atom. The van der Waals surface area contributed by atoms with Crippen LogP contribution in [0.15, 0.2) is 39.8 Å². The maximum absolute atomic E-state index is 14.3. The molecule has 0 atom stereocenters. The van der Waals surface area contributed by atoms with Crippen molar-refractivity contribution in [2.75, 3.05) is 0 Å². The third-order valence-corrected chi connectivity index (χ3v) is 5.11. The molecule has 0 aliphatic rings. The number of aliphatic hydroxyl groups excluding tert-OH is 1. The van der Waals surface area contributed by atoms with Crippen molar-refractivity contribution in [3.8, 4) is 28.1 Å². The Hall–Kier alpha value is -3.03. The lowest BCUT2D eigenvalue weighted by Gasteiger charge is -2.12. The third-order valence-electron chi connectivity index (χ3n) is 4.15. The molecule has 13 heteroatoms. The van der Waals surface area contributed by atoms with Crippen LogP contribution in [0.1, 0.15) is 11.3 Å². The molecule has 2 aromatic carbocycles. The first kappa shape index (κ1) is 22.7. The van der Waals surface area contributed by atoms with Crippen LogP contribution < -0.4 is 9.88 Å². The molecule has 3 rings (SSSR count). The molecule has 31 heavy (non-hydrogen) atoms. The number of aliphatic hydroxyl groups is 1. The summed E-state index contributed by atoms with van der Waals surface area (Å²) in [5, 5.41) is 18.0. The number of aromatic nitrogens is 1. The molecule has 0 saturated heterocycles. The highest BCUT2D eigenvalue weighted by atomic mass is 32.2. The normalized spacial score (nSPS) is 12.3. The molecule has 0 spiro atoms. The van der Waals surface area contributed by atoms with Crippen molar-refractivity contribution in [1.82, 2.24) is 5.16 Å². The SMILES string of the molecule is Cc1cc(-c2noc(CO)c2-c2cc(F)c(S(N)(=O)=O)c(F)c2)ccc1OC(F)(F)F. The molecule has 1 aromatic heterocycles. The first-order valence-electron chi connectivity index (χ1n) is 8.30. The first-order chi connectivity index (χ1) is 14.3. The van der Waals surface area contributed by atoms with Gasteiger partial charge in [-0.1, -0.05) is 5.16 Å². The topological polar surface area (TPSA) is 116 Å². The minimum Gasteiger partial charge on any atom is -0.406 e. The Morgan fingerprint density at radius 2 is 1.74 bits per heavy atom. The van der Waals surface area contributed by atoms with Gasteiger partial charge < -0.3 is 14.4 Å². The zero-order valence-electron chi connectivity index (χ0n) is 15.5. The van der Waals surface area contributed by atoms with Gasteiger partial charge in [-0.2, -0.15) is 0 Å². The summed E-state index contributed by atoms with van der Waals surface area (Å²) in [5.41, 5.74) is -0.146. The van der Waals surface area contributed by atoms with E-state index in [2.05, 4.69) is 9.89 Å². The molecule has 0 aliphatic heterocycles. The van der Waals surface area contributed by atoms with Gasteiger partial charge in [0.15, 0.2) is 10.7 Å². The van der Waals surface area contributed by atoms with E-state index in [1.807, 2.05) is 0 Å². The second-order valence-electron chi connectivity index (χ2n) is 6.33. The van der Waals surface area contributed by atoms with Crippen LogP contribution in [-0.2, 0) is 16.6 Å². The highest BCUT2D eigenvalue weighted by Crippen LogP contribution is 2.38. The summed E-state index contributed by atoms with van der Waals surface area (Å²) in [6.07, 6.45) is -4.91. The Kier molecular flexibility index (Phi) is 5.78. The van der Waals surface area contributed by atoms with Crippen LogP contribution in [0.2, 0.25) is 0 Å². The van der Waals surface area contributed by atoms with E-state index in [0.29, 0.717) is 12.1 Å². The zero-order valence-corrected chi connectivity index (χ0v) is 16.3. The highest BCUT2D eigenvalue weighted by Gasteiger charge is 2.32. The zero-order chi connectivity index (χ0) is 23.1. The average molecular weight is 464 g/mol. The number of ether oxygens (including phenoxy) is 1. The first-order valence-corrected chi connectivity index (χ1v) is 9.85. The van der Waals surface area contributed by atoms with Crippen molar-refractivity contribution in [1.29, 1.82) is 0 Å². The fourth-order valence-electron chi connectivity index (χ4n) is 2.94. The number of aryl methyl sites for hydroxylation is 1. The Morgan fingerprint density at radius 3 is 2.23 bits per heavy atom. The van der Waals surface area contributed by atoms with Crippen LogP contribution in [0.4, 0.5) is 22.0 Å². The van der Waals surface area contributed by atoms with E-state index >= 15 is 0 Å². The molecule has 0 fully saturated rings. The molecule has 3 N–H and O–H groups in total. The number of benzene rings is 2. The summed E-state index contributed by atoms with van der Waals surface area (Å²) >= 11 is 0. The largest absolute Gasteiger partial charge is 0.573 e. The molecule has 0 unspecified atom stereocenters. The molecule has 0 bridgehead atoms. The van der Waals surface area contributed by atoms with Crippen LogP contribution in [0.5, 0.6) is 5.75 Å². The van der Waals surface area contributed by atoms with E-state index in [1.165, 1.54) is 19.1 Å².